The van der Waals surface area contributed by atoms with Gasteiger partial charge in [0.05, 0.1) is 4.86 Å². The third-order valence-electron chi connectivity index (χ3n) is 3.68. The molecule has 3 nitrogen and oxygen atoms in total. The molecule has 4 heteroatoms. The van der Waals surface area contributed by atoms with Gasteiger partial charge in [-0.2, -0.15) is 8.42 Å². The van der Waals surface area contributed by atoms with Crippen LogP contribution in [-0.2, 0) is 16.7 Å². The molecule has 0 fully saturated rings. The van der Waals surface area contributed by atoms with Crippen LogP contribution in [0.15, 0.2) is 6.07 Å². The molecule has 0 saturated heterocycles. The second kappa shape index (κ2) is 4.12. The molecule has 0 aliphatic carbocycles. The molecule has 98 valence electrons. The summed E-state index contributed by atoms with van der Waals surface area (Å²) in [5, 5.41) is 0. The molecule has 1 aromatic carbocycles. The number of fused-ring (bicyclic) bond motifs is 1. The van der Waals surface area contributed by atoms with Gasteiger partial charge in [0.25, 0.3) is 0 Å². The molecule has 0 N–H and O–H groups in total. The van der Waals surface area contributed by atoms with Crippen molar-refractivity contribution in [3.05, 3.63) is 28.3 Å². The number of hydrogen-bond acceptors (Lipinski definition) is 3. The molecule has 0 radical (unpaired) electrons. The Labute approximate surface area is 109 Å². The topological polar surface area (TPSA) is 43.4 Å². The Kier molecular flexibility index (Phi) is 3.01. The largest absolute Gasteiger partial charge is 0.482 e. The number of benzene rings is 1. The maximum absolute atomic E-state index is 11.3. The fourth-order valence-corrected chi connectivity index (χ4v) is 3.11. The number of rotatable bonds is 0. The lowest BCUT2D eigenvalue weighted by Gasteiger charge is -2.35. The fraction of sp³-hybridized carbons (Fsp3) is 0.500. The van der Waals surface area contributed by atoms with Gasteiger partial charge in [-0.25, -0.2) is 0 Å². The van der Waals surface area contributed by atoms with Gasteiger partial charge < -0.3 is 4.74 Å². The molecule has 0 atom stereocenters. The van der Waals surface area contributed by atoms with Gasteiger partial charge in [0.2, 0.25) is 10.3 Å². The second-order valence-corrected chi connectivity index (χ2v) is 6.35. The lowest BCUT2D eigenvalue weighted by atomic mass is 9.88. The first-order chi connectivity index (χ1) is 8.24. The van der Waals surface area contributed by atoms with E-state index < -0.39 is 15.9 Å². The number of hydrogen-bond donors (Lipinski definition) is 0. The van der Waals surface area contributed by atoms with Crippen LogP contribution >= 0.6 is 0 Å². The van der Waals surface area contributed by atoms with E-state index in [1.165, 1.54) is 5.56 Å². The molecule has 0 spiro atoms. The van der Waals surface area contributed by atoms with E-state index in [1.807, 2.05) is 20.8 Å². The Balaban J connectivity index is 2.75. The second-order valence-electron chi connectivity index (χ2n) is 5.39. The zero-order valence-corrected chi connectivity index (χ0v) is 12.2. The van der Waals surface area contributed by atoms with Crippen molar-refractivity contribution >= 4 is 15.2 Å². The molecule has 18 heavy (non-hydrogen) atoms. The lowest BCUT2D eigenvalue weighted by molar-refractivity contribution is 0.172. The summed E-state index contributed by atoms with van der Waals surface area (Å²) in [6.45, 7) is 9.67. The normalized spacial score (nSPS) is 17.1. The predicted octanol–water partition coefficient (Wildman–Crippen LogP) is 2.38. The van der Waals surface area contributed by atoms with E-state index in [0.29, 0.717) is 11.3 Å². The lowest BCUT2D eigenvalue weighted by Crippen LogP contribution is -2.43. The molecule has 0 saturated carbocycles. The third kappa shape index (κ3) is 1.94. The van der Waals surface area contributed by atoms with Gasteiger partial charge in [-0.05, 0) is 51.3 Å². The minimum atomic E-state index is -2.21. The predicted molar refractivity (Wildman–Crippen MR) is 73.0 cm³/mol. The van der Waals surface area contributed by atoms with Crippen molar-refractivity contribution in [2.45, 2.75) is 46.6 Å². The Hall–Kier alpha value is -1.29. The maximum atomic E-state index is 11.3. The first kappa shape index (κ1) is 13.1. The van der Waals surface area contributed by atoms with Crippen LogP contribution in [0.2, 0.25) is 0 Å². The van der Waals surface area contributed by atoms with Crippen LogP contribution in [0.4, 0.5) is 0 Å². The number of aryl methyl sites for hydroxylation is 2. The monoisotopic (exact) mass is 266 g/mol. The summed E-state index contributed by atoms with van der Waals surface area (Å²) in [5.41, 5.74) is 3.60. The number of ether oxygens (including phenoxy) is 1. The molecule has 1 aromatic rings. The molecule has 0 aromatic heterocycles. The molecule has 1 aliphatic rings. The average molecular weight is 266 g/mol. The summed E-state index contributed by atoms with van der Waals surface area (Å²) >= 11 is 0. The molecule has 0 bridgehead atoms. The van der Waals surface area contributed by atoms with Crippen LogP contribution in [0.5, 0.6) is 5.75 Å². The third-order valence-corrected chi connectivity index (χ3v) is 4.72. The van der Waals surface area contributed by atoms with E-state index in [1.54, 1.807) is 13.8 Å². The Morgan fingerprint density at radius 1 is 1.17 bits per heavy atom. The Morgan fingerprint density at radius 3 is 2.33 bits per heavy atom. The molecule has 0 amide bonds. The SMILES string of the molecule is Cc1cc(C)c2c(c1C)OC(C)(C)C(=S(=O)=O)C2. The summed E-state index contributed by atoms with van der Waals surface area (Å²) in [4.78, 5) is 0.418. The van der Waals surface area contributed by atoms with Crippen LogP contribution < -0.4 is 4.74 Å². The first-order valence-corrected chi connectivity index (χ1v) is 7.06. The molecular weight excluding hydrogens is 248 g/mol. The summed E-state index contributed by atoms with van der Waals surface area (Å²) in [6, 6.07) is 2.08. The highest BCUT2D eigenvalue weighted by Gasteiger charge is 2.36. The van der Waals surface area contributed by atoms with Gasteiger partial charge in [0.1, 0.15) is 11.4 Å². The van der Waals surface area contributed by atoms with E-state index in [9.17, 15) is 8.42 Å². The Bertz CT molecular complexity index is 644. The van der Waals surface area contributed by atoms with Gasteiger partial charge in [0.15, 0.2) is 0 Å². The summed E-state index contributed by atoms with van der Waals surface area (Å²) in [7, 11) is -2.21. The van der Waals surface area contributed by atoms with Crippen LogP contribution in [0, 0.1) is 20.8 Å². The van der Waals surface area contributed by atoms with E-state index in [2.05, 4.69) is 6.07 Å². The smallest absolute Gasteiger partial charge is 0.217 e. The zero-order chi connectivity index (χ0) is 13.7. The zero-order valence-electron chi connectivity index (χ0n) is 11.4. The summed E-state index contributed by atoms with van der Waals surface area (Å²) in [6.07, 6.45) is 0.450. The van der Waals surface area contributed by atoms with Crippen molar-refractivity contribution in [1.82, 2.24) is 0 Å². The van der Waals surface area contributed by atoms with Crippen molar-refractivity contribution in [3.8, 4) is 5.75 Å². The minimum Gasteiger partial charge on any atom is -0.482 e. The highest BCUT2D eigenvalue weighted by Crippen LogP contribution is 2.37. The van der Waals surface area contributed by atoms with Crippen molar-refractivity contribution in [3.63, 3.8) is 0 Å². The molecule has 1 heterocycles. The fourth-order valence-electron chi connectivity index (χ4n) is 2.41. The Morgan fingerprint density at radius 2 is 1.78 bits per heavy atom. The quantitative estimate of drug-likeness (QED) is 0.677. The highest BCUT2D eigenvalue weighted by atomic mass is 32.2. The molecule has 2 rings (SSSR count). The summed E-state index contributed by atoms with van der Waals surface area (Å²) in [5.74, 6) is 0.853. The van der Waals surface area contributed by atoms with E-state index >= 15 is 0 Å². The van der Waals surface area contributed by atoms with Crippen molar-refractivity contribution in [2.75, 3.05) is 0 Å². The van der Waals surface area contributed by atoms with Gasteiger partial charge in [-0.15, -0.1) is 0 Å². The van der Waals surface area contributed by atoms with E-state index in [-0.39, 0.29) is 0 Å². The summed E-state index contributed by atoms with van der Waals surface area (Å²) < 4.78 is 28.6. The van der Waals surface area contributed by atoms with E-state index in [4.69, 9.17) is 4.74 Å². The van der Waals surface area contributed by atoms with Gasteiger partial charge in [-0.3, -0.25) is 0 Å². The molecule has 0 unspecified atom stereocenters. The van der Waals surface area contributed by atoms with Crippen LogP contribution in [0.25, 0.3) is 0 Å². The molecular formula is C14H18O3S. The first-order valence-electron chi connectivity index (χ1n) is 5.98. The van der Waals surface area contributed by atoms with Crippen LogP contribution in [0.1, 0.15) is 36.1 Å². The van der Waals surface area contributed by atoms with Crippen LogP contribution in [0.3, 0.4) is 0 Å². The minimum absolute atomic E-state index is 0.418. The van der Waals surface area contributed by atoms with Crippen molar-refractivity contribution < 1.29 is 13.2 Å². The van der Waals surface area contributed by atoms with Gasteiger partial charge in [0, 0.05) is 12.0 Å². The maximum Gasteiger partial charge on any atom is 0.217 e. The molecule has 1 aliphatic heterocycles. The highest BCUT2D eigenvalue weighted by molar-refractivity contribution is 7.73. The van der Waals surface area contributed by atoms with Crippen molar-refractivity contribution in [1.29, 1.82) is 0 Å². The van der Waals surface area contributed by atoms with Gasteiger partial charge in [-0.1, -0.05) is 6.07 Å². The average Bonchev–Trinajstić information content (AvgIpc) is 2.23. The van der Waals surface area contributed by atoms with Gasteiger partial charge >= 0.3 is 0 Å². The van der Waals surface area contributed by atoms with E-state index in [0.717, 1.165) is 22.4 Å². The standard InChI is InChI=1S/C14H18O3S/c1-8-6-9(2)11-7-12(18(15)16)14(4,5)17-13(11)10(8)3/h6H,7H2,1-5H3. The van der Waals surface area contributed by atoms with Crippen molar-refractivity contribution in [2.24, 2.45) is 0 Å². The van der Waals surface area contributed by atoms with Crippen LogP contribution in [-0.4, -0.2) is 18.9 Å².